The molecule has 1 spiro atoms. The molecular weight excluding hydrogens is 216 g/mol. The van der Waals surface area contributed by atoms with Gasteiger partial charge in [-0.1, -0.05) is 0 Å². The molecule has 0 aromatic heterocycles. The normalized spacial score (nSPS) is 32.3. The van der Waals surface area contributed by atoms with E-state index in [-0.39, 0.29) is 6.09 Å². The van der Waals surface area contributed by atoms with Gasteiger partial charge in [0.1, 0.15) is 5.60 Å². The van der Waals surface area contributed by atoms with Gasteiger partial charge in [-0.05, 0) is 57.9 Å². The van der Waals surface area contributed by atoms with Crippen LogP contribution in [0.15, 0.2) is 0 Å². The summed E-state index contributed by atoms with van der Waals surface area (Å²) in [5, 5.41) is 6.29. The van der Waals surface area contributed by atoms with Gasteiger partial charge < -0.3 is 15.4 Å². The second-order valence-corrected chi connectivity index (χ2v) is 6.58. The number of rotatable bonds is 2. The molecule has 2 rings (SSSR count). The molecule has 2 N–H and O–H groups in total. The van der Waals surface area contributed by atoms with Crippen LogP contribution in [0, 0.1) is 11.3 Å². The number of carbonyl (C=O) groups excluding carboxylic acids is 1. The van der Waals surface area contributed by atoms with Crippen molar-refractivity contribution in [3.05, 3.63) is 0 Å². The predicted octanol–water partition coefficient (Wildman–Crippen LogP) is 1.90. The summed E-state index contributed by atoms with van der Waals surface area (Å²) in [4.78, 5) is 11.5. The number of amides is 1. The maximum Gasteiger partial charge on any atom is 0.407 e. The van der Waals surface area contributed by atoms with Gasteiger partial charge in [0.2, 0.25) is 0 Å². The van der Waals surface area contributed by atoms with Crippen molar-refractivity contribution in [1.29, 1.82) is 0 Å². The number of carbonyl (C=O) groups is 1. The second kappa shape index (κ2) is 4.48. The Kier molecular flexibility index (Phi) is 3.34. The lowest BCUT2D eigenvalue weighted by Gasteiger charge is -2.45. The molecule has 1 aliphatic heterocycles. The van der Waals surface area contributed by atoms with Gasteiger partial charge >= 0.3 is 6.09 Å². The number of hydrogen-bond donors (Lipinski definition) is 2. The number of ether oxygens (including phenoxy) is 1. The summed E-state index contributed by atoms with van der Waals surface area (Å²) in [6.45, 7) is 8.73. The van der Waals surface area contributed by atoms with Crippen LogP contribution in [0.3, 0.4) is 0 Å². The van der Waals surface area contributed by atoms with Gasteiger partial charge in [-0.15, -0.1) is 0 Å². The van der Waals surface area contributed by atoms with Crippen LogP contribution in [0.5, 0.6) is 0 Å². The van der Waals surface area contributed by atoms with E-state index < -0.39 is 5.60 Å². The third-order valence-corrected chi connectivity index (χ3v) is 3.71. The Labute approximate surface area is 103 Å². The molecule has 0 bridgehead atoms. The lowest BCUT2D eigenvalue weighted by atomic mass is 9.61. The zero-order chi connectivity index (χ0) is 12.5. The van der Waals surface area contributed by atoms with Crippen LogP contribution >= 0.6 is 0 Å². The van der Waals surface area contributed by atoms with Crippen LogP contribution in [0.4, 0.5) is 4.79 Å². The zero-order valence-electron chi connectivity index (χ0n) is 11.1. The molecule has 0 radical (unpaired) electrons. The number of hydrogen-bond acceptors (Lipinski definition) is 3. The van der Waals surface area contributed by atoms with Gasteiger partial charge in [0.05, 0.1) is 0 Å². The zero-order valence-corrected chi connectivity index (χ0v) is 11.1. The van der Waals surface area contributed by atoms with E-state index in [1.54, 1.807) is 0 Å². The highest BCUT2D eigenvalue weighted by Gasteiger charge is 2.45. The molecule has 0 unspecified atom stereocenters. The summed E-state index contributed by atoms with van der Waals surface area (Å²) in [6.07, 6.45) is 3.50. The minimum absolute atomic E-state index is 0.289. The first-order valence-corrected chi connectivity index (χ1v) is 6.56. The Bertz CT molecular complexity index is 282. The van der Waals surface area contributed by atoms with E-state index in [0.717, 1.165) is 19.6 Å². The van der Waals surface area contributed by atoms with Gasteiger partial charge in [-0.25, -0.2) is 4.79 Å². The first-order valence-electron chi connectivity index (χ1n) is 6.56. The van der Waals surface area contributed by atoms with Crippen LogP contribution in [0.1, 0.15) is 40.0 Å². The summed E-state index contributed by atoms with van der Waals surface area (Å²) in [5.41, 5.74) is 0.153. The minimum atomic E-state index is -0.402. The van der Waals surface area contributed by atoms with Gasteiger partial charge in [0.15, 0.2) is 0 Å². The monoisotopic (exact) mass is 240 g/mol. The summed E-state index contributed by atoms with van der Waals surface area (Å²) in [6, 6.07) is 0. The van der Waals surface area contributed by atoms with E-state index in [1.165, 1.54) is 19.3 Å². The fourth-order valence-electron chi connectivity index (χ4n) is 3.00. The Morgan fingerprint density at radius 2 is 2.18 bits per heavy atom. The van der Waals surface area contributed by atoms with Gasteiger partial charge in [0.25, 0.3) is 0 Å². The molecule has 1 amide bonds. The fraction of sp³-hybridized carbons (Fsp3) is 0.923. The highest BCUT2D eigenvalue weighted by molar-refractivity contribution is 5.67. The Balaban J connectivity index is 1.63. The van der Waals surface area contributed by atoms with Crippen molar-refractivity contribution in [1.82, 2.24) is 10.6 Å². The van der Waals surface area contributed by atoms with Crippen molar-refractivity contribution in [2.45, 2.75) is 45.6 Å². The van der Waals surface area contributed by atoms with Gasteiger partial charge in [0, 0.05) is 13.1 Å². The molecule has 17 heavy (non-hydrogen) atoms. The smallest absolute Gasteiger partial charge is 0.407 e. The first kappa shape index (κ1) is 12.7. The topological polar surface area (TPSA) is 50.4 Å². The van der Waals surface area contributed by atoms with Crippen molar-refractivity contribution in [2.24, 2.45) is 11.3 Å². The number of alkyl carbamates (subject to hydrolysis) is 1. The third-order valence-electron chi connectivity index (χ3n) is 3.71. The second-order valence-electron chi connectivity index (χ2n) is 6.58. The summed E-state index contributed by atoms with van der Waals surface area (Å²) in [7, 11) is 0. The van der Waals surface area contributed by atoms with Crippen LogP contribution < -0.4 is 10.6 Å². The lowest BCUT2D eigenvalue weighted by Crippen LogP contribution is -2.45. The summed E-state index contributed by atoms with van der Waals surface area (Å²) >= 11 is 0. The predicted molar refractivity (Wildman–Crippen MR) is 66.9 cm³/mol. The van der Waals surface area contributed by atoms with Crippen molar-refractivity contribution in [3.8, 4) is 0 Å². The van der Waals surface area contributed by atoms with Crippen molar-refractivity contribution in [3.63, 3.8) is 0 Å². The molecule has 98 valence electrons. The van der Waals surface area contributed by atoms with Crippen molar-refractivity contribution in [2.75, 3.05) is 19.6 Å². The van der Waals surface area contributed by atoms with E-state index >= 15 is 0 Å². The Morgan fingerprint density at radius 1 is 1.47 bits per heavy atom. The molecule has 1 heterocycles. The number of nitrogens with one attached hydrogen (secondary N) is 2. The average Bonchev–Trinajstić information content (AvgIpc) is 2.58. The molecule has 0 atom stereocenters. The minimum Gasteiger partial charge on any atom is -0.444 e. The van der Waals surface area contributed by atoms with Crippen LogP contribution in [-0.2, 0) is 4.74 Å². The van der Waals surface area contributed by atoms with E-state index in [4.69, 9.17) is 4.74 Å². The molecule has 2 aliphatic rings. The van der Waals surface area contributed by atoms with Gasteiger partial charge in [-0.3, -0.25) is 0 Å². The molecule has 1 saturated heterocycles. The van der Waals surface area contributed by atoms with Crippen LogP contribution in [-0.4, -0.2) is 31.3 Å². The van der Waals surface area contributed by atoms with Crippen LogP contribution in [0.2, 0.25) is 0 Å². The van der Waals surface area contributed by atoms with Gasteiger partial charge in [-0.2, -0.15) is 0 Å². The fourth-order valence-corrected chi connectivity index (χ4v) is 3.00. The Morgan fingerprint density at radius 3 is 2.71 bits per heavy atom. The SMILES string of the molecule is CC(C)(C)OC(=O)NCC1CC2(CCNC2)C1. The largest absolute Gasteiger partial charge is 0.444 e. The molecule has 0 aromatic carbocycles. The summed E-state index contributed by atoms with van der Waals surface area (Å²) in [5.74, 6) is 0.641. The maximum absolute atomic E-state index is 11.5. The Hall–Kier alpha value is -0.770. The lowest BCUT2D eigenvalue weighted by molar-refractivity contribution is 0.0424. The van der Waals surface area contributed by atoms with E-state index in [2.05, 4.69) is 10.6 Å². The first-order chi connectivity index (χ1) is 7.89. The average molecular weight is 240 g/mol. The van der Waals surface area contributed by atoms with Crippen molar-refractivity contribution < 1.29 is 9.53 Å². The third kappa shape index (κ3) is 3.35. The quantitative estimate of drug-likeness (QED) is 0.775. The molecule has 4 nitrogen and oxygen atoms in total. The van der Waals surface area contributed by atoms with Crippen molar-refractivity contribution >= 4 is 6.09 Å². The highest BCUT2D eigenvalue weighted by atomic mass is 16.6. The molecule has 2 fully saturated rings. The summed E-state index contributed by atoms with van der Waals surface area (Å²) < 4.78 is 5.21. The van der Waals surface area contributed by atoms with E-state index in [0.29, 0.717) is 11.3 Å². The standard InChI is InChI=1S/C13H24N2O2/c1-12(2,3)17-11(16)15-8-10-6-13(7-10)4-5-14-9-13/h10,14H,4-9H2,1-3H3,(H,15,16). The van der Waals surface area contributed by atoms with Crippen LogP contribution in [0.25, 0.3) is 0 Å². The maximum atomic E-state index is 11.5. The molecule has 1 aliphatic carbocycles. The van der Waals surface area contributed by atoms with E-state index in [1.807, 2.05) is 20.8 Å². The molecule has 4 heteroatoms. The molecule has 0 aromatic rings. The molecular formula is C13H24N2O2. The van der Waals surface area contributed by atoms with E-state index in [9.17, 15) is 4.79 Å². The molecule has 1 saturated carbocycles. The highest BCUT2D eigenvalue weighted by Crippen LogP contribution is 2.49.